The molecule has 0 aliphatic heterocycles. The van der Waals surface area contributed by atoms with E-state index in [0.29, 0.717) is 6.42 Å². The average Bonchev–Trinajstić information content (AvgIpc) is 2.14. The molecule has 0 saturated heterocycles. The number of carbonyl (C=O) groups is 1. The van der Waals surface area contributed by atoms with Crippen LogP contribution in [0.15, 0.2) is 12.7 Å². The lowest BCUT2D eigenvalue weighted by atomic mass is 10.1. The first-order valence-corrected chi connectivity index (χ1v) is 4.65. The Morgan fingerprint density at radius 1 is 1.69 bits per heavy atom. The van der Waals surface area contributed by atoms with Gasteiger partial charge in [-0.1, -0.05) is 25.8 Å². The van der Waals surface area contributed by atoms with E-state index in [0.717, 1.165) is 19.3 Å². The van der Waals surface area contributed by atoms with Gasteiger partial charge in [0.05, 0.1) is 0 Å². The summed E-state index contributed by atoms with van der Waals surface area (Å²) in [5.74, 6) is -0.553. The maximum absolute atomic E-state index is 10.8. The molecule has 0 fully saturated rings. The number of hydrogen-bond donors (Lipinski definition) is 1. The van der Waals surface area contributed by atoms with Crippen LogP contribution in [0.3, 0.4) is 0 Å². The summed E-state index contributed by atoms with van der Waals surface area (Å²) in [5.41, 5.74) is 0. The topological polar surface area (TPSA) is 46.5 Å². The highest BCUT2D eigenvalue weighted by Crippen LogP contribution is 2.09. The lowest BCUT2D eigenvalue weighted by Crippen LogP contribution is -2.19. The van der Waals surface area contributed by atoms with Crippen molar-refractivity contribution >= 4 is 5.97 Å². The van der Waals surface area contributed by atoms with Crippen molar-refractivity contribution in [3.63, 3.8) is 0 Å². The molecule has 1 atom stereocenters. The quantitative estimate of drug-likeness (QED) is 0.486. The summed E-state index contributed by atoms with van der Waals surface area (Å²) in [5, 5.41) is 8.48. The van der Waals surface area contributed by atoms with E-state index in [4.69, 9.17) is 9.84 Å². The van der Waals surface area contributed by atoms with Gasteiger partial charge in [0.1, 0.15) is 12.7 Å². The number of carbonyl (C=O) groups excluding carboxylic acids is 1. The minimum atomic E-state index is -0.553. The molecule has 0 rings (SSSR count). The van der Waals surface area contributed by atoms with Crippen LogP contribution in [0.5, 0.6) is 0 Å². The Labute approximate surface area is 79.4 Å². The van der Waals surface area contributed by atoms with Crippen molar-refractivity contribution < 1.29 is 14.6 Å². The molecule has 0 amide bonds. The molecule has 0 saturated carbocycles. The largest absolute Gasteiger partial charge is 0.460 e. The SMILES string of the molecule is C=CCC(CCCC)OC(=O)CO. The summed E-state index contributed by atoms with van der Waals surface area (Å²) >= 11 is 0. The lowest BCUT2D eigenvalue weighted by Gasteiger charge is -2.14. The first-order valence-electron chi connectivity index (χ1n) is 4.65. The zero-order valence-corrected chi connectivity index (χ0v) is 8.16. The van der Waals surface area contributed by atoms with Gasteiger partial charge in [-0.25, -0.2) is 4.79 Å². The van der Waals surface area contributed by atoms with E-state index in [1.807, 2.05) is 0 Å². The smallest absolute Gasteiger partial charge is 0.332 e. The summed E-state index contributed by atoms with van der Waals surface area (Å²) < 4.78 is 4.98. The maximum atomic E-state index is 10.8. The Hall–Kier alpha value is -0.830. The summed E-state index contributed by atoms with van der Waals surface area (Å²) in [6.45, 7) is 5.13. The molecule has 0 heterocycles. The van der Waals surface area contributed by atoms with Crippen LogP contribution in [0.2, 0.25) is 0 Å². The Morgan fingerprint density at radius 3 is 2.85 bits per heavy atom. The molecule has 0 aromatic heterocycles. The van der Waals surface area contributed by atoms with Gasteiger partial charge in [-0.3, -0.25) is 0 Å². The van der Waals surface area contributed by atoms with Gasteiger partial charge in [0.15, 0.2) is 0 Å². The van der Waals surface area contributed by atoms with E-state index < -0.39 is 12.6 Å². The molecule has 0 aliphatic rings. The van der Waals surface area contributed by atoms with E-state index >= 15 is 0 Å². The second-order valence-electron chi connectivity index (χ2n) is 2.94. The van der Waals surface area contributed by atoms with Gasteiger partial charge in [-0.15, -0.1) is 6.58 Å². The third kappa shape index (κ3) is 6.34. The predicted octanol–water partition coefficient (Wildman–Crippen LogP) is 1.66. The monoisotopic (exact) mass is 186 g/mol. The van der Waals surface area contributed by atoms with Gasteiger partial charge in [-0.2, -0.15) is 0 Å². The summed E-state index contributed by atoms with van der Waals surface area (Å²) in [4.78, 5) is 10.8. The fraction of sp³-hybridized carbons (Fsp3) is 0.700. The van der Waals surface area contributed by atoms with Crippen molar-refractivity contribution in [1.29, 1.82) is 0 Å². The molecule has 13 heavy (non-hydrogen) atoms. The van der Waals surface area contributed by atoms with Crippen LogP contribution < -0.4 is 0 Å². The van der Waals surface area contributed by atoms with Crippen molar-refractivity contribution in [2.24, 2.45) is 0 Å². The number of ether oxygens (including phenoxy) is 1. The molecular weight excluding hydrogens is 168 g/mol. The molecule has 0 aromatic rings. The molecule has 1 unspecified atom stereocenters. The Balaban J connectivity index is 3.78. The van der Waals surface area contributed by atoms with Gasteiger partial charge in [-0.05, 0) is 6.42 Å². The highest BCUT2D eigenvalue weighted by molar-refractivity contribution is 5.70. The van der Waals surface area contributed by atoms with Crippen LogP contribution in [0, 0.1) is 0 Å². The zero-order valence-electron chi connectivity index (χ0n) is 8.16. The molecule has 1 N–H and O–H groups in total. The molecule has 0 bridgehead atoms. The van der Waals surface area contributed by atoms with Crippen LogP contribution in [0.1, 0.15) is 32.6 Å². The van der Waals surface area contributed by atoms with Crippen molar-refractivity contribution in [3.8, 4) is 0 Å². The Kier molecular flexibility index (Phi) is 7.30. The molecular formula is C10H18O3. The van der Waals surface area contributed by atoms with Crippen molar-refractivity contribution in [1.82, 2.24) is 0 Å². The van der Waals surface area contributed by atoms with Crippen LogP contribution in [-0.2, 0) is 9.53 Å². The lowest BCUT2D eigenvalue weighted by molar-refractivity contribution is -0.152. The van der Waals surface area contributed by atoms with E-state index in [9.17, 15) is 4.79 Å². The second kappa shape index (κ2) is 7.80. The first-order chi connectivity index (χ1) is 6.24. The number of aliphatic hydroxyl groups is 1. The molecule has 3 nitrogen and oxygen atoms in total. The molecule has 0 aliphatic carbocycles. The molecule has 0 aromatic carbocycles. The van der Waals surface area contributed by atoms with Gasteiger partial charge >= 0.3 is 5.97 Å². The van der Waals surface area contributed by atoms with Crippen LogP contribution in [0.4, 0.5) is 0 Å². The van der Waals surface area contributed by atoms with Crippen molar-refractivity contribution in [2.45, 2.75) is 38.7 Å². The maximum Gasteiger partial charge on any atom is 0.332 e. The van der Waals surface area contributed by atoms with Gasteiger partial charge < -0.3 is 9.84 Å². The van der Waals surface area contributed by atoms with Gasteiger partial charge in [0.2, 0.25) is 0 Å². The average molecular weight is 186 g/mol. The number of esters is 1. The van der Waals surface area contributed by atoms with Gasteiger partial charge in [0.25, 0.3) is 0 Å². The predicted molar refractivity (Wildman–Crippen MR) is 51.3 cm³/mol. The first kappa shape index (κ1) is 12.2. The van der Waals surface area contributed by atoms with Crippen LogP contribution >= 0.6 is 0 Å². The third-order valence-corrected chi connectivity index (χ3v) is 1.74. The summed E-state index contributed by atoms with van der Waals surface area (Å²) in [6, 6.07) is 0. The second-order valence-corrected chi connectivity index (χ2v) is 2.94. The van der Waals surface area contributed by atoms with E-state index in [2.05, 4.69) is 13.5 Å². The number of hydrogen-bond acceptors (Lipinski definition) is 3. The van der Waals surface area contributed by atoms with E-state index in [1.165, 1.54) is 0 Å². The van der Waals surface area contributed by atoms with Crippen LogP contribution in [-0.4, -0.2) is 23.8 Å². The molecule has 76 valence electrons. The molecule has 3 heteroatoms. The van der Waals surface area contributed by atoms with Gasteiger partial charge in [0, 0.05) is 6.42 Å². The highest BCUT2D eigenvalue weighted by atomic mass is 16.6. The zero-order chi connectivity index (χ0) is 10.1. The highest BCUT2D eigenvalue weighted by Gasteiger charge is 2.11. The standard InChI is InChI=1S/C10H18O3/c1-3-5-7-9(6-4-2)13-10(12)8-11/h4,9,11H,2-3,5-8H2,1H3. The minimum absolute atomic E-state index is 0.114. The minimum Gasteiger partial charge on any atom is -0.460 e. The fourth-order valence-corrected chi connectivity index (χ4v) is 1.07. The number of rotatable bonds is 7. The van der Waals surface area contributed by atoms with E-state index in [-0.39, 0.29) is 6.10 Å². The Morgan fingerprint density at radius 2 is 2.38 bits per heavy atom. The Bertz CT molecular complexity index is 154. The van der Waals surface area contributed by atoms with Crippen molar-refractivity contribution in [3.05, 3.63) is 12.7 Å². The summed E-state index contributed by atoms with van der Waals surface area (Å²) in [7, 11) is 0. The number of unbranched alkanes of at least 4 members (excludes halogenated alkanes) is 1. The molecule has 0 spiro atoms. The fourth-order valence-electron chi connectivity index (χ4n) is 1.07. The third-order valence-electron chi connectivity index (χ3n) is 1.74. The van der Waals surface area contributed by atoms with Crippen molar-refractivity contribution in [2.75, 3.05) is 6.61 Å². The normalized spacial score (nSPS) is 12.2. The summed E-state index contributed by atoms with van der Waals surface area (Å²) in [6.07, 6.45) is 5.21. The van der Waals surface area contributed by atoms with Crippen LogP contribution in [0.25, 0.3) is 0 Å². The van der Waals surface area contributed by atoms with E-state index in [1.54, 1.807) is 6.08 Å². The molecule has 0 radical (unpaired) electrons. The number of aliphatic hydroxyl groups excluding tert-OH is 1.